The van der Waals surface area contributed by atoms with E-state index in [0.29, 0.717) is 35.5 Å². The molecule has 0 unspecified atom stereocenters. The lowest BCUT2D eigenvalue weighted by atomic mass is 9.96. The summed E-state index contributed by atoms with van der Waals surface area (Å²) in [6.45, 7) is 3.47. The van der Waals surface area contributed by atoms with Crippen LogP contribution in [0, 0.1) is 5.92 Å². The molecule has 0 saturated carbocycles. The van der Waals surface area contributed by atoms with E-state index < -0.39 is 0 Å². The molecule has 1 aliphatic heterocycles. The summed E-state index contributed by atoms with van der Waals surface area (Å²) in [5.41, 5.74) is 1.26. The summed E-state index contributed by atoms with van der Waals surface area (Å²) in [5.74, 6) is 0.368. The zero-order chi connectivity index (χ0) is 20.9. The molecule has 2 heterocycles. The van der Waals surface area contributed by atoms with Gasteiger partial charge in [-0.3, -0.25) is 9.59 Å². The van der Waals surface area contributed by atoms with Gasteiger partial charge in [-0.2, -0.15) is 5.10 Å². The maximum absolute atomic E-state index is 13.6. The number of carbonyl (C=O) groups is 1. The Hall–Kier alpha value is -2.99. The van der Waals surface area contributed by atoms with E-state index in [2.05, 4.69) is 34.3 Å². The number of H-pyrrole nitrogens is 1. The Morgan fingerprint density at radius 3 is 2.47 bits per heavy atom. The Kier molecular flexibility index (Phi) is 6.23. The molecule has 1 aliphatic rings. The van der Waals surface area contributed by atoms with Crippen molar-refractivity contribution in [2.75, 3.05) is 33.2 Å². The standard InChI is InChI=1S/C24H28N4O2/c1-27-14-11-19(12-15-27)17-28(16-13-18-7-3-2-4-8-18)24(30)22-20-9-5-6-10-21(20)23(29)26-25-22/h2-10,19H,11-17H2,1H3,(H,26,29). The van der Waals surface area contributed by atoms with Crippen molar-refractivity contribution in [2.45, 2.75) is 19.3 Å². The van der Waals surface area contributed by atoms with Crippen LogP contribution in [0.4, 0.5) is 0 Å². The minimum Gasteiger partial charge on any atom is -0.337 e. The van der Waals surface area contributed by atoms with E-state index in [1.165, 1.54) is 5.56 Å². The number of carbonyl (C=O) groups excluding carboxylic acids is 1. The van der Waals surface area contributed by atoms with Crippen molar-refractivity contribution in [1.29, 1.82) is 0 Å². The summed E-state index contributed by atoms with van der Waals surface area (Å²) in [5, 5.41) is 7.76. The number of nitrogens with zero attached hydrogens (tertiary/aromatic N) is 3. The van der Waals surface area contributed by atoms with E-state index in [1.807, 2.05) is 29.2 Å². The third kappa shape index (κ3) is 4.60. The molecule has 6 nitrogen and oxygen atoms in total. The number of rotatable bonds is 6. The normalized spacial score (nSPS) is 15.4. The molecule has 2 aromatic carbocycles. The van der Waals surface area contributed by atoms with Crippen molar-refractivity contribution >= 4 is 16.7 Å². The van der Waals surface area contributed by atoms with Crippen LogP contribution in [0.5, 0.6) is 0 Å². The smallest absolute Gasteiger partial charge is 0.274 e. The maximum Gasteiger partial charge on any atom is 0.274 e. The highest BCUT2D eigenvalue weighted by Gasteiger charge is 2.25. The van der Waals surface area contributed by atoms with E-state index in [1.54, 1.807) is 18.2 Å². The molecule has 4 rings (SSSR count). The molecule has 0 radical (unpaired) electrons. The second kappa shape index (κ2) is 9.22. The van der Waals surface area contributed by atoms with Gasteiger partial charge in [-0.15, -0.1) is 0 Å². The first kappa shape index (κ1) is 20.3. The monoisotopic (exact) mass is 404 g/mol. The van der Waals surface area contributed by atoms with Gasteiger partial charge in [0.2, 0.25) is 0 Å². The lowest BCUT2D eigenvalue weighted by Crippen LogP contribution is -2.41. The number of hydrogen-bond acceptors (Lipinski definition) is 4. The van der Waals surface area contributed by atoms with Crippen molar-refractivity contribution < 1.29 is 4.79 Å². The molecule has 1 aromatic heterocycles. The maximum atomic E-state index is 13.6. The average molecular weight is 405 g/mol. The first-order chi connectivity index (χ1) is 14.6. The first-order valence-corrected chi connectivity index (χ1v) is 10.6. The fourth-order valence-electron chi connectivity index (χ4n) is 4.17. The van der Waals surface area contributed by atoms with Crippen molar-refractivity contribution in [3.63, 3.8) is 0 Å². The van der Waals surface area contributed by atoms with Gasteiger partial charge in [-0.1, -0.05) is 48.5 Å². The van der Waals surface area contributed by atoms with Gasteiger partial charge in [0.1, 0.15) is 0 Å². The van der Waals surface area contributed by atoms with E-state index in [0.717, 1.165) is 32.4 Å². The molecule has 1 N–H and O–H groups in total. The predicted molar refractivity (Wildman–Crippen MR) is 119 cm³/mol. The summed E-state index contributed by atoms with van der Waals surface area (Å²) in [7, 11) is 2.14. The third-order valence-electron chi connectivity index (χ3n) is 6.02. The zero-order valence-electron chi connectivity index (χ0n) is 17.4. The van der Waals surface area contributed by atoms with Gasteiger partial charge in [-0.05, 0) is 56.9 Å². The number of piperidine rings is 1. The Morgan fingerprint density at radius 1 is 1.07 bits per heavy atom. The van der Waals surface area contributed by atoms with E-state index in [4.69, 9.17) is 0 Å². The van der Waals surface area contributed by atoms with Crippen LogP contribution in [0.3, 0.4) is 0 Å². The average Bonchev–Trinajstić information content (AvgIpc) is 2.79. The molecule has 0 atom stereocenters. The number of aromatic nitrogens is 2. The molecular weight excluding hydrogens is 376 g/mol. The number of benzene rings is 2. The molecule has 0 bridgehead atoms. The Labute approximate surface area is 176 Å². The molecule has 30 heavy (non-hydrogen) atoms. The van der Waals surface area contributed by atoms with Gasteiger partial charge in [0.05, 0.1) is 5.39 Å². The topological polar surface area (TPSA) is 69.3 Å². The molecule has 156 valence electrons. The van der Waals surface area contributed by atoms with Crippen LogP contribution in [0.1, 0.15) is 28.9 Å². The van der Waals surface area contributed by atoms with Crippen LogP contribution in [0.25, 0.3) is 10.8 Å². The fourth-order valence-corrected chi connectivity index (χ4v) is 4.17. The number of aromatic amines is 1. The summed E-state index contributed by atoms with van der Waals surface area (Å²) in [4.78, 5) is 30.0. The van der Waals surface area contributed by atoms with E-state index in [-0.39, 0.29) is 11.5 Å². The second-order valence-electron chi connectivity index (χ2n) is 8.18. The summed E-state index contributed by atoms with van der Waals surface area (Å²) < 4.78 is 0. The van der Waals surface area contributed by atoms with Crippen LogP contribution in [-0.4, -0.2) is 59.1 Å². The van der Waals surface area contributed by atoms with E-state index >= 15 is 0 Å². The number of hydrogen-bond donors (Lipinski definition) is 1. The highest BCUT2D eigenvalue weighted by molar-refractivity contribution is 6.04. The number of likely N-dealkylation sites (tertiary alicyclic amines) is 1. The molecule has 0 spiro atoms. The Morgan fingerprint density at radius 2 is 1.73 bits per heavy atom. The van der Waals surface area contributed by atoms with Gasteiger partial charge >= 0.3 is 0 Å². The summed E-state index contributed by atoms with van der Waals surface area (Å²) in [6, 6.07) is 17.4. The number of nitrogens with one attached hydrogen (secondary N) is 1. The van der Waals surface area contributed by atoms with E-state index in [9.17, 15) is 9.59 Å². The quantitative estimate of drug-likeness (QED) is 0.686. The highest BCUT2D eigenvalue weighted by Crippen LogP contribution is 2.20. The van der Waals surface area contributed by atoms with Crippen molar-refractivity contribution in [1.82, 2.24) is 20.0 Å². The highest BCUT2D eigenvalue weighted by atomic mass is 16.2. The van der Waals surface area contributed by atoms with Crippen molar-refractivity contribution in [3.8, 4) is 0 Å². The Bertz CT molecular complexity index is 1060. The van der Waals surface area contributed by atoms with Gasteiger partial charge in [0.15, 0.2) is 5.69 Å². The molecular formula is C24H28N4O2. The lowest BCUT2D eigenvalue weighted by Gasteiger charge is -2.33. The van der Waals surface area contributed by atoms with Crippen LogP contribution < -0.4 is 5.56 Å². The van der Waals surface area contributed by atoms with Gasteiger partial charge in [0.25, 0.3) is 11.5 Å². The summed E-state index contributed by atoms with van der Waals surface area (Å²) >= 11 is 0. The third-order valence-corrected chi connectivity index (χ3v) is 6.02. The molecule has 1 saturated heterocycles. The lowest BCUT2D eigenvalue weighted by molar-refractivity contribution is 0.0695. The van der Waals surface area contributed by atoms with Crippen molar-refractivity contribution in [3.05, 3.63) is 76.2 Å². The number of amides is 1. The molecule has 1 fully saturated rings. The zero-order valence-corrected chi connectivity index (χ0v) is 17.4. The SMILES string of the molecule is CN1CCC(CN(CCc2ccccc2)C(=O)c2n[nH]c(=O)c3ccccc23)CC1. The fraction of sp³-hybridized carbons (Fsp3) is 0.375. The van der Waals surface area contributed by atoms with Gasteiger partial charge in [0, 0.05) is 18.5 Å². The van der Waals surface area contributed by atoms with Crippen LogP contribution in [0.15, 0.2) is 59.4 Å². The minimum absolute atomic E-state index is 0.114. The molecule has 1 amide bonds. The van der Waals surface area contributed by atoms with Crippen LogP contribution in [-0.2, 0) is 6.42 Å². The first-order valence-electron chi connectivity index (χ1n) is 10.6. The van der Waals surface area contributed by atoms with Gasteiger partial charge in [-0.25, -0.2) is 5.10 Å². The van der Waals surface area contributed by atoms with Crippen LogP contribution in [0.2, 0.25) is 0 Å². The minimum atomic E-state index is -0.270. The number of fused-ring (bicyclic) bond motifs is 1. The van der Waals surface area contributed by atoms with Gasteiger partial charge < -0.3 is 9.80 Å². The summed E-state index contributed by atoms with van der Waals surface area (Å²) in [6.07, 6.45) is 2.97. The van der Waals surface area contributed by atoms with Crippen LogP contribution >= 0.6 is 0 Å². The van der Waals surface area contributed by atoms with Crippen molar-refractivity contribution in [2.24, 2.45) is 5.92 Å². The predicted octanol–water partition coefficient (Wildman–Crippen LogP) is 2.95. The Balaban J connectivity index is 1.60. The molecule has 6 heteroatoms. The largest absolute Gasteiger partial charge is 0.337 e. The molecule has 0 aliphatic carbocycles. The second-order valence-corrected chi connectivity index (χ2v) is 8.18. The molecule has 3 aromatic rings.